The van der Waals surface area contributed by atoms with Crippen LogP contribution in [0, 0.1) is 5.92 Å². The number of hydrogen-bond donors (Lipinski definition) is 1. The quantitative estimate of drug-likeness (QED) is 0.194. The Morgan fingerprint density at radius 2 is 1.44 bits per heavy atom. The van der Waals surface area contributed by atoms with Crippen LogP contribution in [0.15, 0.2) is 24.3 Å². The minimum absolute atomic E-state index is 0.187. The van der Waals surface area contributed by atoms with Gasteiger partial charge in [-0.25, -0.2) is 4.79 Å². The van der Waals surface area contributed by atoms with Crippen molar-refractivity contribution < 1.29 is 23.9 Å². The molecule has 1 rings (SSSR count). The van der Waals surface area contributed by atoms with Crippen molar-refractivity contribution in [3.63, 3.8) is 0 Å². The number of ketones is 1. The summed E-state index contributed by atoms with van der Waals surface area (Å²) in [4.78, 5) is 37.8. The van der Waals surface area contributed by atoms with Crippen molar-refractivity contribution in [3.8, 4) is 5.75 Å². The van der Waals surface area contributed by atoms with Crippen molar-refractivity contribution in [2.75, 3.05) is 13.7 Å². The standard InChI is InChI=1S/C26H41NO5/c1-5-7-8-9-10-11-12-13-14-15-23(28)27-24(26(30)32-6-2)20(3)25(29)21-16-18-22(31-4)19-17-21/h16-20,24H,5-15H2,1-4H3,(H,27,28)/t20-,24-/m0/s1. The van der Waals surface area contributed by atoms with Crippen LogP contribution >= 0.6 is 0 Å². The van der Waals surface area contributed by atoms with E-state index in [1.165, 1.54) is 38.5 Å². The van der Waals surface area contributed by atoms with E-state index in [-0.39, 0.29) is 18.3 Å². The van der Waals surface area contributed by atoms with E-state index in [1.807, 2.05) is 0 Å². The highest BCUT2D eigenvalue weighted by Gasteiger charge is 2.33. The molecule has 0 radical (unpaired) electrons. The highest BCUT2D eigenvalue weighted by atomic mass is 16.5. The highest BCUT2D eigenvalue weighted by molar-refractivity contribution is 6.01. The van der Waals surface area contributed by atoms with E-state index in [1.54, 1.807) is 45.2 Å². The van der Waals surface area contributed by atoms with Gasteiger partial charge in [-0.2, -0.15) is 0 Å². The summed E-state index contributed by atoms with van der Waals surface area (Å²) >= 11 is 0. The summed E-state index contributed by atoms with van der Waals surface area (Å²) in [6.45, 7) is 5.75. The molecular formula is C26H41NO5. The zero-order valence-corrected chi connectivity index (χ0v) is 20.3. The Labute approximate surface area is 193 Å². The molecule has 0 aromatic heterocycles. The van der Waals surface area contributed by atoms with Crippen LogP contribution in [0.3, 0.4) is 0 Å². The van der Waals surface area contributed by atoms with Crippen LogP contribution in [-0.4, -0.2) is 37.4 Å². The number of hydrogen-bond acceptors (Lipinski definition) is 5. The van der Waals surface area contributed by atoms with E-state index >= 15 is 0 Å². The number of benzene rings is 1. The first-order valence-corrected chi connectivity index (χ1v) is 12.1. The second kappa shape index (κ2) is 16.3. The largest absolute Gasteiger partial charge is 0.497 e. The Bertz CT molecular complexity index is 686. The second-order valence-corrected chi connectivity index (χ2v) is 8.26. The molecule has 1 aromatic carbocycles. The van der Waals surface area contributed by atoms with Crippen molar-refractivity contribution in [2.45, 2.75) is 91.0 Å². The van der Waals surface area contributed by atoms with Crippen LogP contribution in [0.2, 0.25) is 0 Å². The van der Waals surface area contributed by atoms with Gasteiger partial charge in [-0.15, -0.1) is 0 Å². The number of esters is 1. The predicted molar refractivity (Wildman–Crippen MR) is 127 cm³/mol. The Kier molecular flexibility index (Phi) is 14.1. The highest BCUT2D eigenvalue weighted by Crippen LogP contribution is 2.18. The van der Waals surface area contributed by atoms with Crippen LogP contribution in [0.25, 0.3) is 0 Å². The third kappa shape index (κ3) is 10.3. The van der Waals surface area contributed by atoms with Gasteiger partial charge in [0.25, 0.3) is 0 Å². The molecule has 0 unspecified atom stereocenters. The summed E-state index contributed by atoms with van der Waals surface area (Å²) in [6, 6.07) is 5.70. The first-order valence-electron chi connectivity index (χ1n) is 12.1. The average Bonchev–Trinajstić information content (AvgIpc) is 2.80. The molecule has 0 heterocycles. The Balaban J connectivity index is 2.54. The molecule has 0 bridgehead atoms. The zero-order valence-electron chi connectivity index (χ0n) is 20.3. The number of Topliss-reactive ketones (excluding diaryl/α,β-unsaturated/α-hetero) is 1. The van der Waals surface area contributed by atoms with Gasteiger partial charge in [0.2, 0.25) is 5.91 Å². The van der Waals surface area contributed by atoms with E-state index in [0.29, 0.717) is 17.7 Å². The van der Waals surface area contributed by atoms with Crippen LogP contribution in [-0.2, 0) is 14.3 Å². The summed E-state index contributed by atoms with van der Waals surface area (Å²) in [5, 5.41) is 2.74. The van der Waals surface area contributed by atoms with Gasteiger partial charge >= 0.3 is 5.97 Å². The average molecular weight is 448 g/mol. The van der Waals surface area contributed by atoms with Crippen molar-refractivity contribution in [3.05, 3.63) is 29.8 Å². The molecule has 6 heteroatoms. The van der Waals surface area contributed by atoms with Gasteiger partial charge in [0.15, 0.2) is 5.78 Å². The van der Waals surface area contributed by atoms with Gasteiger partial charge in [-0.05, 0) is 37.6 Å². The monoisotopic (exact) mass is 447 g/mol. The molecule has 32 heavy (non-hydrogen) atoms. The van der Waals surface area contributed by atoms with E-state index < -0.39 is 17.9 Å². The smallest absolute Gasteiger partial charge is 0.329 e. The van der Waals surface area contributed by atoms with Crippen LogP contribution in [0.5, 0.6) is 5.75 Å². The summed E-state index contributed by atoms with van der Waals surface area (Å²) in [5.74, 6) is -1.13. The lowest BCUT2D eigenvalue weighted by molar-refractivity contribution is -0.148. The van der Waals surface area contributed by atoms with Crippen LogP contribution in [0.1, 0.15) is 95.3 Å². The van der Waals surface area contributed by atoms with Crippen molar-refractivity contribution in [1.29, 1.82) is 0 Å². The number of amides is 1. The number of carbonyl (C=O) groups excluding carboxylic acids is 3. The number of ether oxygens (including phenoxy) is 2. The van der Waals surface area contributed by atoms with Gasteiger partial charge in [0, 0.05) is 12.0 Å². The summed E-state index contributed by atoms with van der Waals surface area (Å²) in [6.07, 6.45) is 10.8. The molecule has 0 aliphatic heterocycles. The first kappa shape index (κ1) is 27.7. The number of nitrogens with one attached hydrogen (secondary N) is 1. The van der Waals surface area contributed by atoms with Crippen molar-refractivity contribution >= 4 is 17.7 Å². The lowest BCUT2D eigenvalue weighted by atomic mass is 9.92. The molecule has 0 saturated carbocycles. The first-order chi connectivity index (χ1) is 15.4. The Morgan fingerprint density at radius 3 is 1.97 bits per heavy atom. The SMILES string of the molecule is CCCCCCCCCCCC(=O)N[C@H](C(=O)OCC)[C@H](C)C(=O)c1ccc(OC)cc1. The molecule has 1 aromatic rings. The fraction of sp³-hybridized carbons (Fsp3) is 0.654. The van der Waals surface area contributed by atoms with E-state index in [9.17, 15) is 14.4 Å². The number of unbranched alkanes of at least 4 members (excludes halogenated alkanes) is 8. The fourth-order valence-electron chi connectivity index (χ4n) is 3.63. The van der Waals surface area contributed by atoms with E-state index in [0.717, 1.165) is 19.3 Å². The Morgan fingerprint density at radius 1 is 0.875 bits per heavy atom. The maximum atomic E-state index is 12.9. The second-order valence-electron chi connectivity index (χ2n) is 8.26. The minimum atomic E-state index is -1.00. The van der Waals surface area contributed by atoms with Gasteiger partial charge in [-0.3, -0.25) is 9.59 Å². The van der Waals surface area contributed by atoms with E-state index in [2.05, 4.69) is 12.2 Å². The topological polar surface area (TPSA) is 81.7 Å². The molecule has 1 amide bonds. The molecule has 0 spiro atoms. The lowest BCUT2D eigenvalue weighted by Gasteiger charge is -2.23. The molecule has 0 aliphatic rings. The predicted octanol–water partition coefficient (Wildman–Crippen LogP) is 5.48. The summed E-state index contributed by atoms with van der Waals surface area (Å²) in [7, 11) is 1.55. The summed E-state index contributed by atoms with van der Waals surface area (Å²) < 4.78 is 10.2. The molecule has 0 saturated heterocycles. The number of methoxy groups -OCH3 is 1. The summed E-state index contributed by atoms with van der Waals surface area (Å²) in [5.41, 5.74) is 0.459. The maximum Gasteiger partial charge on any atom is 0.329 e. The molecule has 6 nitrogen and oxygen atoms in total. The molecule has 180 valence electrons. The number of rotatable bonds is 17. The molecule has 0 aliphatic carbocycles. The lowest BCUT2D eigenvalue weighted by Crippen LogP contribution is -2.48. The van der Waals surface area contributed by atoms with Gasteiger partial charge < -0.3 is 14.8 Å². The molecule has 2 atom stereocenters. The fourth-order valence-corrected chi connectivity index (χ4v) is 3.63. The molecule has 1 N–H and O–H groups in total. The van der Waals surface area contributed by atoms with Crippen LogP contribution in [0.4, 0.5) is 0 Å². The van der Waals surface area contributed by atoms with Gasteiger partial charge in [-0.1, -0.05) is 65.2 Å². The Hall–Kier alpha value is -2.37. The number of carbonyl (C=O) groups is 3. The van der Waals surface area contributed by atoms with Crippen molar-refractivity contribution in [1.82, 2.24) is 5.32 Å². The molecular weight excluding hydrogens is 406 g/mol. The van der Waals surface area contributed by atoms with Gasteiger partial charge in [0.1, 0.15) is 11.8 Å². The van der Waals surface area contributed by atoms with E-state index in [4.69, 9.17) is 9.47 Å². The van der Waals surface area contributed by atoms with Gasteiger partial charge in [0.05, 0.1) is 19.6 Å². The third-order valence-electron chi connectivity index (χ3n) is 5.65. The maximum absolute atomic E-state index is 12.9. The molecule has 0 fully saturated rings. The van der Waals surface area contributed by atoms with Crippen LogP contribution < -0.4 is 10.1 Å². The van der Waals surface area contributed by atoms with Crippen molar-refractivity contribution in [2.24, 2.45) is 5.92 Å². The third-order valence-corrected chi connectivity index (χ3v) is 5.65. The minimum Gasteiger partial charge on any atom is -0.497 e. The zero-order chi connectivity index (χ0) is 23.8. The normalized spacial score (nSPS) is 12.6.